The van der Waals surface area contributed by atoms with Gasteiger partial charge in [0, 0.05) is 32.5 Å². The van der Waals surface area contributed by atoms with Crippen LogP contribution < -0.4 is 10.6 Å². The van der Waals surface area contributed by atoms with E-state index in [0.29, 0.717) is 0 Å². The first kappa shape index (κ1) is 16.1. The molecule has 0 aliphatic heterocycles. The molecule has 0 spiro atoms. The third-order valence-electron chi connectivity index (χ3n) is 3.44. The molecule has 0 aliphatic rings. The van der Waals surface area contributed by atoms with E-state index in [2.05, 4.69) is 39.8 Å². The topological polar surface area (TPSA) is 54.2 Å². The number of nitrogens with zero attached hydrogens (tertiary/aromatic N) is 3. The van der Waals surface area contributed by atoms with Crippen molar-refractivity contribution in [1.29, 1.82) is 0 Å². The molecule has 0 unspecified atom stereocenters. The van der Waals surface area contributed by atoms with E-state index in [-0.39, 0.29) is 0 Å². The third kappa shape index (κ3) is 4.91. The quantitative estimate of drug-likeness (QED) is 0.469. The molecule has 1 aromatic carbocycles. The van der Waals surface area contributed by atoms with E-state index in [0.717, 1.165) is 24.7 Å². The van der Waals surface area contributed by atoms with Gasteiger partial charge in [0.1, 0.15) is 0 Å². The Morgan fingerprint density at radius 2 is 2.14 bits per heavy atom. The highest BCUT2D eigenvalue weighted by Gasteiger charge is 2.01. The monoisotopic (exact) mass is 299 g/mol. The van der Waals surface area contributed by atoms with E-state index in [1.807, 2.05) is 29.1 Å². The summed E-state index contributed by atoms with van der Waals surface area (Å²) in [4.78, 5) is 4.25. The second kappa shape index (κ2) is 8.87. The minimum atomic E-state index is 0.739. The molecule has 2 N–H and O–H groups in total. The van der Waals surface area contributed by atoms with Crippen molar-refractivity contribution in [2.45, 2.75) is 32.7 Å². The van der Waals surface area contributed by atoms with Crippen molar-refractivity contribution in [3.8, 4) is 5.69 Å². The van der Waals surface area contributed by atoms with Gasteiger partial charge < -0.3 is 10.6 Å². The van der Waals surface area contributed by atoms with Crippen LogP contribution >= 0.6 is 0 Å². The average Bonchev–Trinajstić information content (AvgIpc) is 3.09. The summed E-state index contributed by atoms with van der Waals surface area (Å²) in [5.41, 5.74) is 2.26. The van der Waals surface area contributed by atoms with Gasteiger partial charge in [0.2, 0.25) is 0 Å². The standard InChI is InChI=1S/C17H25N5/c1-3-4-5-10-19-17(18-2)20-14-15-8-6-9-16(13-15)22-12-7-11-21-22/h6-9,11-13H,3-5,10,14H2,1-2H3,(H2,18,19,20). The van der Waals surface area contributed by atoms with Crippen molar-refractivity contribution in [2.75, 3.05) is 13.6 Å². The fourth-order valence-electron chi connectivity index (χ4n) is 2.22. The lowest BCUT2D eigenvalue weighted by molar-refractivity contribution is 0.682. The number of hydrogen-bond donors (Lipinski definition) is 2. The number of rotatable bonds is 7. The Labute approximate surface area is 132 Å². The van der Waals surface area contributed by atoms with Crippen LogP contribution in [0.2, 0.25) is 0 Å². The second-order valence-corrected chi connectivity index (χ2v) is 5.18. The van der Waals surface area contributed by atoms with Crippen molar-refractivity contribution < 1.29 is 0 Å². The molecule has 0 aliphatic carbocycles. The first-order valence-electron chi connectivity index (χ1n) is 7.87. The summed E-state index contributed by atoms with van der Waals surface area (Å²) in [6.07, 6.45) is 7.38. The zero-order valence-electron chi connectivity index (χ0n) is 13.4. The summed E-state index contributed by atoms with van der Waals surface area (Å²) in [7, 11) is 1.80. The Kier molecular flexibility index (Phi) is 6.48. The molecule has 118 valence electrons. The second-order valence-electron chi connectivity index (χ2n) is 5.18. The molecular weight excluding hydrogens is 274 g/mol. The molecule has 0 radical (unpaired) electrons. The van der Waals surface area contributed by atoms with Crippen molar-refractivity contribution in [3.63, 3.8) is 0 Å². The normalized spacial score (nSPS) is 11.5. The first-order chi connectivity index (χ1) is 10.8. The molecule has 1 heterocycles. The van der Waals surface area contributed by atoms with Gasteiger partial charge >= 0.3 is 0 Å². The highest BCUT2D eigenvalue weighted by molar-refractivity contribution is 5.79. The summed E-state index contributed by atoms with van der Waals surface area (Å²) in [5, 5.41) is 10.9. The van der Waals surface area contributed by atoms with E-state index in [1.54, 1.807) is 13.2 Å². The fourth-order valence-corrected chi connectivity index (χ4v) is 2.22. The molecule has 2 aromatic rings. The number of nitrogens with one attached hydrogen (secondary N) is 2. The number of aliphatic imine (C=N–C) groups is 1. The van der Waals surface area contributed by atoms with Gasteiger partial charge in [0.15, 0.2) is 5.96 Å². The lowest BCUT2D eigenvalue weighted by Crippen LogP contribution is -2.37. The van der Waals surface area contributed by atoms with Crippen LogP contribution in [-0.4, -0.2) is 29.3 Å². The van der Waals surface area contributed by atoms with Gasteiger partial charge in [0.25, 0.3) is 0 Å². The Morgan fingerprint density at radius 3 is 2.86 bits per heavy atom. The van der Waals surface area contributed by atoms with Crippen molar-refractivity contribution in [2.24, 2.45) is 4.99 Å². The predicted octanol–water partition coefficient (Wildman–Crippen LogP) is 2.73. The van der Waals surface area contributed by atoms with Crippen LogP contribution in [0.1, 0.15) is 31.7 Å². The molecule has 0 saturated carbocycles. The van der Waals surface area contributed by atoms with Crippen molar-refractivity contribution in [1.82, 2.24) is 20.4 Å². The Balaban J connectivity index is 1.86. The van der Waals surface area contributed by atoms with E-state index >= 15 is 0 Å². The molecule has 0 atom stereocenters. The highest BCUT2D eigenvalue weighted by atomic mass is 15.3. The fraction of sp³-hybridized carbons (Fsp3) is 0.412. The minimum Gasteiger partial charge on any atom is -0.356 e. The molecule has 0 saturated heterocycles. The molecule has 5 nitrogen and oxygen atoms in total. The van der Waals surface area contributed by atoms with Crippen LogP contribution in [0.5, 0.6) is 0 Å². The van der Waals surface area contributed by atoms with E-state index in [1.165, 1.54) is 24.8 Å². The maximum Gasteiger partial charge on any atom is 0.191 e. The van der Waals surface area contributed by atoms with E-state index in [9.17, 15) is 0 Å². The van der Waals surface area contributed by atoms with Gasteiger partial charge in [0.05, 0.1) is 5.69 Å². The maximum atomic E-state index is 4.26. The number of hydrogen-bond acceptors (Lipinski definition) is 2. The molecule has 0 amide bonds. The maximum absolute atomic E-state index is 4.26. The average molecular weight is 299 g/mol. The SMILES string of the molecule is CCCCCNC(=NC)NCc1cccc(-n2cccn2)c1. The van der Waals surface area contributed by atoms with Crippen LogP contribution in [0.25, 0.3) is 5.69 Å². The molecule has 1 aromatic heterocycles. The molecule has 2 rings (SSSR count). The minimum absolute atomic E-state index is 0.739. The lowest BCUT2D eigenvalue weighted by atomic mass is 10.2. The molecule has 5 heteroatoms. The van der Waals surface area contributed by atoms with Gasteiger partial charge in [-0.1, -0.05) is 31.9 Å². The number of guanidine groups is 1. The van der Waals surface area contributed by atoms with Crippen LogP contribution in [0.4, 0.5) is 0 Å². The third-order valence-corrected chi connectivity index (χ3v) is 3.44. The number of unbranched alkanes of at least 4 members (excludes halogenated alkanes) is 2. The largest absolute Gasteiger partial charge is 0.356 e. The van der Waals surface area contributed by atoms with Gasteiger partial charge in [-0.3, -0.25) is 4.99 Å². The predicted molar refractivity (Wildman–Crippen MR) is 91.3 cm³/mol. The van der Waals surface area contributed by atoms with Crippen LogP contribution in [0.15, 0.2) is 47.7 Å². The Morgan fingerprint density at radius 1 is 1.23 bits per heavy atom. The molecule has 0 fully saturated rings. The van der Waals surface area contributed by atoms with Crippen molar-refractivity contribution >= 4 is 5.96 Å². The van der Waals surface area contributed by atoms with Gasteiger partial charge in [-0.2, -0.15) is 5.10 Å². The van der Waals surface area contributed by atoms with E-state index in [4.69, 9.17) is 0 Å². The summed E-state index contributed by atoms with van der Waals surface area (Å²) >= 11 is 0. The van der Waals surface area contributed by atoms with Crippen LogP contribution in [0.3, 0.4) is 0 Å². The van der Waals surface area contributed by atoms with Crippen LogP contribution in [0, 0.1) is 0 Å². The summed E-state index contributed by atoms with van der Waals surface area (Å²) in [6.45, 7) is 3.91. The summed E-state index contributed by atoms with van der Waals surface area (Å²) in [6, 6.07) is 10.3. The number of benzene rings is 1. The zero-order chi connectivity index (χ0) is 15.6. The van der Waals surface area contributed by atoms with Gasteiger partial charge in [-0.25, -0.2) is 4.68 Å². The Bertz CT molecular complexity index is 574. The molecule has 22 heavy (non-hydrogen) atoms. The number of aromatic nitrogens is 2. The molecule has 0 bridgehead atoms. The van der Waals surface area contributed by atoms with Crippen LogP contribution in [-0.2, 0) is 6.54 Å². The lowest BCUT2D eigenvalue weighted by Gasteiger charge is -2.12. The van der Waals surface area contributed by atoms with E-state index < -0.39 is 0 Å². The Hall–Kier alpha value is -2.30. The summed E-state index contributed by atoms with van der Waals surface area (Å²) < 4.78 is 1.86. The molecular formula is C17H25N5. The van der Waals surface area contributed by atoms with Gasteiger partial charge in [-0.05, 0) is 30.2 Å². The first-order valence-corrected chi connectivity index (χ1v) is 7.87. The zero-order valence-corrected chi connectivity index (χ0v) is 13.4. The summed E-state index contributed by atoms with van der Waals surface area (Å²) in [5.74, 6) is 0.848. The van der Waals surface area contributed by atoms with Gasteiger partial charge in [-0.15, -0.1) is 0 Å². The highest BCUT2D eigenvalue weighted by Crippen LogP contribution is 2.09. The van der Waals surface area contributed by atoms with Crippen molar-refractivity contribution in [3.05, 3.63) is 48.3 Å². The smallest absolute Gasteiger partial charge is 0.191 e.